The zero-order valence-electron chi connectivity index (χ0n) is 22.2. The van der Waals surface area contributed by atoms with E-state index in [1.165, 1.54) is 18.2 Å². The molecule has 0 atom stereocenters. The molecule has 1 saturated carbocycles. The molecule has 12 heteroatoms. The molecule has 2 aliphatic rings. The van der Waals surface area contributed by atoms with Gasteiger partial charge in [-0.25, -0.2) is 4.39 Å². The van der Waals surface area contributed by atoms with Crippen LogP contribution in [0.1, 0.15) is 31.2 Å². The number of halogens is 4. The molecule has 3 aromatic rings. The lowest BCUT2D eigenvalue weighted by atomic mass is 9.92. The van der Waals surface area contributed by atoms with Crippen LogP contribution in [0.25, 0.3) is 10.8 Å². The van der Waals surface area contributed by atoms with Crippen LogP contribution in [0.15, 0.2) is 54.6 Å². The SMILES string of the molecule is O=[N+]([O-])c1ccc(N[C@H]2CC[C@H](OCC(=S)N3CCN(c4ccc5cc(F)ccc5c4)CC3)CC2)cc1C(F)(F)F. The van der Waals surface area contributed by atoms with E-state index in [2.05, 4.69) is 21.2 Å². The summed E-state index contributed by atoms with van der Waals surface area (Å²) in [4.78, 5) is 15.2. The van der Waals surface area contributed by atoms with Crippen LogP contribution in [-0.2, 0) is 10.9 Å². The summed E-state index contributed by atoms with van der Waals surface area (Å²) in [6, 6.07) is 13.8. The Hall–Kier alpha value is -3.51. The fraction of sp³-hybridized carbons (Fsp3) is 0.414. The molecule has 1 N–H and O–H groups in total. The number of nitro groups is 1. The molecule has 7 nitrogen and oxygen atoms in total. The van der Waals surface area contributed by atoms with Gasteiger partial charge in [-0.15, -0.1) is 0 Å². The number of piperazine rings is 1. The van der Waals surface area contributed by atoms with Gasteiger partial charge in [0.2, 0.25) is 0 Å². The van der Waals surface area contributed by atoms with Crippen LogP contribution in [0, 0.1) is 15.9 Å². The lowest BCUT2D eigenvalue weighted by molar-refractivity contribution is -0.388. The second kappa shape index (κ2) is 12.2. The first kappa shape index (κ1) is 29.0. The highest BCUT2D eigenvalue weighted by Gasteiger charge is 2.38. The number of nitrogens with zero attached hydrogens (tertiary/aromatic N) is 3. The molecule has 0 unspecified atom stereocenters. The molecular formula is C29H30F4N4O3S. The quantitative estimate of drug-likeness (QED) is 0.141. The summed E-state index contributed by atoms with van der Waals surface area (Å²) >= 11 is 5.65. The largest absolute Gasteiger partial charge is 0.423 e. The lowest BCUT2D eigenvalue weighted by Crippen LogP contribution is -2.49. The molecule has 1 saturated heterocycles. The van der Waals surface area contributed by atoms with Gasteiger partial charge in [0.25, 0.3) is 5.69 Å². The van der Waals surface area contributed by atoms with Crippen molar-refractivity contribution >= 4 is 45.0 Å². The van der Waals surface area contributed by atoms with E-state index in [4.69, 9.17) is 17.0 Å². The number of nitro benzene ring substituents is 1. The van der Waals surface area contributed by atoms with Gasteiger partial charge in [0.15, 0.2) is 0 Å². The Morgan fingerprint density at radius 2 is 1.66 bits per heavy atom. The number of nitrogens with one attached hydrogen (secondary N) is 1. The minimum Gasteiger partial charge on any atom is -0.382 e. The number of ether oxygens (including phenoxy) is 1. The maximum Gasteiger partial charge on any atom is 0.423 e. The maximum absolute atomic E-state index is 13.5. The highest BCUT2D eigenvalue weighted by Crippen LogP contribution is 2.38. The number of benzene rings is 3. The van der Waals surface area contributed by atoms with Crippen LogP contribution in [0.4, 0.5) is 34.6 Å². The van der Waals surface area contributed by atoms with Gasteiger partial charge in [-0.3, -0.25) is 10.1 Å². The summed E-state index contributed by atoms with van der Waals surface area (Å²) in [7, 11) is 0. The monoisotopic (exact) mass is 590 g/mol. The highest BCUT2D eigenvalue weighted by molar-refractivity contribution is 7.80. The number of hydrogen-bond donors (Lipinski definition) is 1. The second-order valence-electron chi connectivity index (χ2n) is 10.5. The van der Waals surface area contributed by atoms with Gasteiger partial charge in [0, 0.05) is 49.7 Å². The van der Waals surface area contributed by atoms with Crippen LogP contribution in [0.5, 0.6) is 0 Å². The number of alkyl halides is 3. The summed E-state index contributed by atoms with van der Waals surface area (Å²) in [5.74, 6) is -0.246. The Balaban J connectivity index is 1.05. The standard InChI is InChI=1S/C29H30F4N4O3S/c30-21-3-1-20-16-24(7-2-19(20)15-21)35-11-13-36(14-12-35)28(41)18-40-25-8-4-22(5-9-25)34-23-6-10-27(37(38)39)26(17-23)29(31,32)33/h1-3,6-7,10,15-17,22,25,34H,4-5,8-9,11-14,18H2/t22-,25-. The van der Waals surface area contributed by atoms with Gasteiger partial charge in [0.05, 0.1) is 17.6 Å². The minimum absolute atomic E-state index is 0.0114. The molecule has 3 aromatic carbocycles. The van der Waals surface area contributed by atoms with Crippen molar-refractivity contribution in [2.45, 2.75) is 44.0 Å². The Morgan fingerprint density at radius 3 is 2.34 bits per heavy atom. The van der Waals surface area contributed by atoms with E-state index in [0.29, 0.717) is 19.4 Å². The molecule has 5 rings (SSSR count). The van der Waals surface area contributed by atoms with E-state index in [1.807, 2.05) is 12.1 Å². The third kappa shape index (κ3) is 7.05. The number of rotatable bonds is 7. The summed E-state index contributed by atoms with van der Waals surface area (Å²) < 4.78 is 59.4. The Labute approximate surface area is 240 Å². The first-order valence-electron chi connectivity index (χ1n) is 13.5. The smallest absolute Gasteiger partial charge is 0.382 e. The predicted octanol–water partition coefficient (Wildman–Crippen LogP) is 6.80. The fourth-order valence-electron chi connectivity index (χ4n) is 5.52. The normalized spacial score (nSPS) is 19.8. The fourth-order valence-corrected chi connectivity index (χ4v) is 5.77. The highest BCUT2D eigenvalue weighted by atomic mass is 32.1. The van der Waals surface area contributed by atoms with Crippen molar-refractivity contribution in [3.63, 3.8) is 0 Å². The Bertz CT molecular complexity index is 1420. The second-order valence-corrected chi connectivity index (χ2v) is 10.9. The van der Waals surface area contributed by atoms with Crippen LogP contribution < -0.4 is 10.2 Å². The molecule has 0 amide bonds. The van der Waals surface area contributed by atoms with Crippen molar-refractivity contribution in [1.29, 1.82) is 0 Å². The van der Waals surface area contributed by atoms with E-state index in [1.54, 1.807) is 6.07 Å². The molecule has 1 heterocycles. The lowest BCUT2D eigenvalue weighted by Gasteiger charge is -2.38. The summed E-state index contributed by atoms with van der Waals surface area (Å²) in [6.07, 6.45) is -1.93. The van der Waals surface area contributed by atoms with Gasteiger partial charge in [0.1, 0.15) is 16.4 Å². The molecule has 0 bridgehead atoms. The molecule has 2 fully saturated rings. The van der Waals surface area contributed by atoms with Gasteiger partial charge in [-0.2, -0.15) is 13.2 Å². The van der Waals surface area contributed by atoms with E-state index in [-0.39, 0.29) is 23.7 Å². The third-order valence-electron chi connectivity index (χ3n) is 7.77. The van der Waals surface area contributed by atoms with Crippen LogP contribution in [0.3, 0.4) is 0 Å². The van der Waals surface area contributed by atoms with Crippen molar-refractivity contribution in [3.05, 3.63) is 76.1 Å². The minimum atomic E-state index is -4.81. The first-order chi connectivity index (χ1) is 19.6. The van der Waals surface area contributed by atoms with Gasteiger partial charge < -0.3 is 19.9 Å². The maximum atomic E-state index is 13.5. The zero-order valence-corrected chi connectivity index (χ0v) is 23.0. The van der Waals surface area contributed by atoms with E-state index >= 15 is 0 Å². The topological polar surface area (TPSA) is 70.9 Å². The first-order valence-corrected chi connectivity index (χ1v) is 13.9. The summed E-state index contributed by atoms with van der Waals surface area (Å²) in [6.45, 7) is 3.51. The number of fused-ring (bicyclic) bond motifs is 1. The predicted molar refractivity (Wildman–Crippen MR) is 154 cm³/mol. The van der Waals surface area contributed by atoms with Crippen molar-refractivity contribution in [3.8, 4) is 0 Å². The van der Waals surface area contributed by atoms with Gasteiger partial charge >= 0.3 is 6.18 Å². The van der Waals surface area contributed by atoms with Gasteiger partial charge in [-0.1, -0.05) is 24.4 Å². The average molecular weight is 591 g/mol. The molecule has 1 aliphatic carbocycles. The van der Waals surface area contributed by atoms with E-state index in [0.717, 1.165) is 72.6 Å². The van der Waals surface area contributed by atoms with Crippen LogP contribution >= 0.6 is 12.2 Å². The summed E-state index contributed by atoms with van der Waals surface area (Å²) in [5, 5.41) is 15.9. The van der Waals surface area contributed by atoms with Crippen LogP contribution in [0.2, 0.25) is 0 Å². The number of anilines is 2. The average Bonchev–Trinajstić information content (AvgIpc) is 2.96. The van der Waals surface area contributed by atoms with Crippen LogP contribution in [-0.4, -0.2) is 59.7 Å². The zero-order chi connectivity index (χ0) is 29.1. The van der Waals surface area contributed by atoms with Crippen molar-refractivity contribution in [2.24, 2.45) is 0 Å². The molecule has 1 aliphatic heterocycles. The molecular weight excluding hydrogens is 560 g/mol. The molecule has 0 aromatic heterocycles. The molecule has 0 radical (unpaired) electrons. The molecule has 41 heavy (non-hydrogen) atoms. The summed E-state index contributed by atoms with van der Waals surface area (Å²) in [5.41, 5.74) is -0.901. The van der Waals surface area contributed by atoms with Crippen molar-refractivity contribution in [1.82, 2.24) is 4.90 Å². The Kier molecular flexibility index (Phi) is 8.60. The number of hydrogen-bond acceptors (Lipinski definition) is 6. The third-order valence-corrected chi connectivity index (χ3v) is 8.15. The van der Waals surface area contributed by atoms with E-state index in [9.17, 15) is 27.7 Å². The van der Waals surface area contributed by atoms with Crippen molar-refractivity contribution in [2.75, 3.05) is 43.0 Å². The Morgan fingerprint density at radius 1 is 0.976 bits per heavy atom. The molecule has 0 spiro atoms. The molecule has 218 valence electrons. The van der Waals surface area contributed by atoms with Crippen molar-refractivity contribution < 1.29 is 27.2 Å². The van der Waals surface area contributed by atoms with Gasteiger partial charge in [-0.05, 0) is 72.9 Å². The van der Waals surface area contributed by atoms with E-state index < -0.39 is 22.4 Å². The number of thiocarbonyl (C=S) groups is 1.